The fourth-order valence-electron chi connectivity index (χ4n) is 12.5. The number of esters is 1. The second kappa shape index (κ2) is 8.14. The molecule has 1 saturated heterocycles. The maximum Gasteiger partial charge on any atom is 0.313 e. The minimum atomic E-state index is -1.19. The molecule has 1 spiro atoms. The average molecular weight is 561 g/mol. The Labute approximate surface area is 246 Å². The molecule has 2 bridgehead atoms. The number of ketones is 1. The summed E-state index contributed by atoms with van der Waals surface area (Å²) in [6.45, 7) is 16.0. The minimum absolute atomic E-state index is 0.0544. The number of ether oxygens (including phenoxy) is 1. The third-order valence-electron chi connectivity index (χ3n) is 14.7. The Kier molecular flexibility index (Phi) is 5.53. The van der Waals surface area contributed by atoms with Gasteiger partial charge in [0.2, 0.25) is 0 Å². The highest BCUT2D eigenvalue weighted by Crippen LogP contribution is 2.81. The third kappa shape index (κ3) is 3.16. The van der Waals surface area contributed by atoms with Gasteiger partial charge < -0.3 is 4.74 Å². The standard InChI is InChI=1S/C37H49FO3/c1-31(2)15-17-36-18-16-35(7)34(6)14-13-25-32(3,4)29(39)24(19-23-11-9-8-10-12-23)21-33(25,5)26(34)20-28(38)37(35,27(36)22-31)41-30(36)40/h8-12,19,25-28H,13-18,20-22H2,1-7H3/b24-19+/t25-,26+,27+,28+,33-,34+,35-,36-,37+/m0/s1. The molecule has 41 heavy (non-hydrogen) atoms. The molecule has 1 aromatic rings. The van der Waals surface area contributed by atoms with E-state index in [2.05, 4.69) is 66.7 Å². The molecular weight excluding hydrogens is 511 g/mol. The summed E-state index contributed by atoms with van der Waals surface area (Å²) in [5.74, 6) is 0.388. The van der Waals surface area contributed by atoms with E-state index in [-0.39, 0.29) is 45.8 Å². The van der Waals surface area contributed by atoms with Crippen LogP contribution in [0.1, 0.15) is 112 Å². The summed E-state index contributed by atoms with van der Waals surface area (Å²) in [4.78, 5) is 27.8. The van der Waals surface area contributed by atoms with Crippen molar-refractivity contribution in [1.29, 1.82) is 0 Å². The molecule has 1 heterocycles. The SMILES string of the molecule is CC1(C)CC[C@@]23CC[C@]4(C)[C@](OC2=O)([C@H](F)C[C@@H]2[C@@]5(C)C/C(=C\c6ccccc6)C(=O)C(C)(C)[C@@H]5CC[C@]24C)[C@@H]3C1. The van der Waals surface area contributed by atoms with Gasteiger partial charge in [0.25, 0.3) is 0 Å². The van der Waals surface area contributed by atoms with Crippen molar-refractivity contribution in [3.05, 3.63) is 41.5 Å². The molecule has 6 aliphatic rings. The summed E-state index contributed by atoms with van der Waals surface area (Å²) in [6, 6.07) is 10.1. The van der Waals surface area contributed by atoms with Crippen LogP contribution in [0.15, 0.2) is 35.9 Å². The molecule has 0 unspecified atom stereocenters. The maximum absolute atomic E-state index is 17.5. The zero-order valence-corrected chi connectivity index (χ0v) is 26.2. The number of fused-ring (bicyclic) bond motifs is 4. The van der Waals surface area contributed by atoms with Gasteiger partial charge >= 0.3 is 5.97 Å². The number of allylic oxidation sites excluding steroid dienone is 1. The van der Waals surface area contributed by atoms with Gasteiger partial charge in [-0.15, -0.1) is 0 Å². The molecular formula is C37H49FO3. The molecule has 9 atom stereocenters. The number of carbonyl (C=O) groups excluding carboxylic acids is 2. The Morgan fingerprint density at radius 1 is 0.854 bits per heavy atom. The molecule has 0 N–H and O–H groups in total. The third-order valence-corrected chi connectivity index (χ3v) is 14.7. The van der Waals surface area contributed by atoms with Crippen molar-refractivity contribution in [3.8, 4) is 0 Å². The molecule has 0 aromatic heterocycles. The number of halogens is 1. The van der Waals surface area contributed by atoms with Crippen LogP contribution in [0.3, 0.4) is 0 Å². The van der Waals surface area contributed by atoms with Gasteiger partial charge in [0.1, 0.15) is 6.17 Å². The Morgan fingerprint density at radius 2 is 1.54 bits per heavy atom. The molecule has 222 valence electrons. The Hall–Kier alpha value is -1.97. The van der Waals surface area contributed by atoms with Gasteiger partial charge in [-0.25, -0.2) is 4.39 Å². The van der Waals surface area contributed by atoms with Gasteiger partial charge in [-0.1, -0.05) is 78.8 Å². The molecule has 4 heteroatoms. The van der Waals surface area contributed by atoms with Crippen molar-refractivity contribution >= 4 is 17.8 Å². The smallest absolute Gasteiger partial charge is 0.313 e. The van der Waals surface area contributed by atoms with E-state index in [1.165, 1.54) is 0 Å². The molecule has 5 aliphatic carbocycles. The van der Waals surface area contributed by atoms with Crippen LogP contribution < -0.4 is 0 Å². The van der Waals surface area contributed by atoms with Crippen molar-refractivity contribution in [3.63, 3.8) is 0 Å². The predicted molar refractivity (Wildman–Crippen MR) is 159 cm³/mol. The van der Waals surface area contributed by atoms with Crippen molar-refractivity contribution in [1.82, 2.24) is 0 Å². The van der Waals surface area contributed by atoms with E-state index in [1.807, 2.05) is 18.2 Å². The minimum Gasteiger partial charge on any atom is -0.455 e. The van der Waals surface area contributed by atoms with Crippen LogP contribution in [-0.4, -0.2) is 23.5 Å². The van der Waals surface area contributed by atoms with Gasteiger partial charge in [0.05, 0.1) is 5.41 Å². The van der Waals surface area contributed by atoms with E-state index in [1.54, 1.807) is 0 Å². The van der Waals surface area contributed by atoms with E-state index >= 15 is 4.39 Å². The van der Waals surface area contributed by atoms with Crippen molar-refractivity contribution in [2.75, 3.05) is 0 Å². The van der Waals surface area contributed by atoms with Crippen LogP contribution in [0.4, 0.5) is 4.39 Å². The topological polar surface area (TPSA) is 43.4 Å². The van der Waals surface area contributed by atoms with E-state index in [0.717, 1.165) is 56.1 Å². The summed E-state index contributed by atoms with van der Waals surface area (Å²) >= 11 is 0. The first kappa shape index (κ1) is 27.8. The van der Waals surface area contributed by atoms with E-state index in [0.29, 0.717) is 12.8 Å². The van der Waals surface area contributed by atoms with Crippen molar-refractivity contribution in [2.45, 2.75) is 118 Å². The fraction of sp³-hybridized carbons (Fsp3) is 0.730. The summed E-state index contributed by atoms with van der Waals surface area (Å²) < 4.78 is 24.0. The number of benzene rings is 1. The van der Waals surface area contributed by atoms with E-state index < -0.39 is 28.0 Å². The zero-order chi connectivity index (χ0) is 29.4. The largest absolute Gasteiger partial charge is 0.455 e. The molecule has 0 amide bonds. The van der Waals surface area contributed by atoms with Crippen molar-refractivity contribution < 1.29 is 18.7 Å². The molecule has 3 nitrogen and oxygen atoms in total. The van der Waals surface area contributed by atoms with Gasteiger partial charge in [0.15, 0.2) is 11.4 Å². The number of alkyl halides is 1. The van der Waals surface area contributed by atoms with Crippen LogP contribution >= 0.6 is 0 Å². The van der Waals surface area contributed by atoms with E-state index in [9.17, 15) is 9.59 Å². The van der Waals surface area contributed by atoms with E-state index in [4.69, 9.17) is 4.74 Å². The monoisotopic (exact) mass is 560 g/mol. The predicted octanol–water partition coefficient (Wildman–Crippen LogP) is 8.76. The normalized spacial score (nSPS) is 50.3. The number of Topliss-reactive ketones (excluding diaryl/α,β-unsaturated/α-hetero) is 1. The first-order chi connectivity index (χ1) is 19.1. The number of rotatable bonds is 1. The van der Waals surface area contributed by atoms with Crippen LogP contribution in [0.2, 0.25) is 0 Å². The second-order valence-corrected chi connectivity index (χ2v) is 17.2. The maximum atomic E-state index is 17.5. The number of hydrogen-bond donors (Lipinski definition) is 0. The van der Waals surface area contributed by atoms with Crippen LogP contribution in [0, 0.1) is 50.2 Å². The first-order valence-electron chi connectivity index (χ1n) is 16.3. The summed E-state index contributed by atoms with van der Waals surface area (Å²) in [5, 5.41) is 0. The Morgan fingerprint density at radius 3 is 2.24 bits per heavy atom. The lowest BCUT2D eigenvalue weighted by Gasteiger charge is -2.74. The van der Waals surface area contributed by atoms with Gasteiger partial charge in [0, 0.05) is 16.7 Å². The number of hydrogen-bond acceptors (Lipinski definition) is 3. The highest BCUT2D eigenvalue weighted by Gasteiger charge is 2.83. The lowest BCUT2D eigenvalue weighted by molar-refractivity contribution is -0.299. The zero-order valence-electron chi connectivity index (χ0n) is 26.2. The van der Waals surface area contributed by atoms with Crippen molar-refractivity contribution in [2.24, 2.45) is 50.2 Å². The molecule has 6 fully saturated rings. The van der Waals surface area contributed by atoms with Gasteiger partial charge in [-0.2, -0.15) is 0 Å². The highest BCUT2D eigenvalue weighted by molar-refractivity contribution is 6.04. The van der Waals surface area contributed by atoms with Crippen LogP contribution in [-0.2, 0) is 14.3 Å². The molecule has 0 radical (unpaired) electrons. The number of carbonyl (C=O) groups is 2. The molecule has 7 rings (SSSR count). The summed E-state index contributed by atoms with van der Waals surface area (Å²) in [6.07, 6.45) is 8.29. The lowest BCUT2D eigenvalue weighted by Crippen LogP contribution is -2.75. The highest BCUT2D eigenvalue weighted by atomic mass is 19.1. The summed E-state index contributed by atoms with van der Waals surface area (Å²) in [5.41, 5.74) is -0.896. The fourth-order valence-corrected chi connectivity index (χ4v) is 12.5. The Bertz CT molecular complexity index is 1340. The first-order valence-corrected chi connectivity index (χ1v) is 16.3. The Balaban J connectivity index is 1.35. The quantitative estimate of drug-likeness (QED) is 0.255. The molecule has 5 saturated carbocycles. The van der Waals surface area contributed by atoms with Gasteiger partial charge in [-0.05, 0) is 103 Å². The lowest BCUT2D eigenvalue weighted by atomic mass is 9.30. The molecule has 1 aromatic carbocycles. The van der Waals surface area contributed by atoms with Gasteiger partial charge in [-0.3, -0.25) is 9.59 Å². The summed E-state index contributed by atoms with van der Waals surface area (Å²) in [7, 11) is 0. The van der Waals surface area contributed by atoms with Crippen LogP contribution in [0.5, 0.6) is 0 Å². The average Bonchev–Trinajstić information content (AvgIpc) is 3.09. The molecule has 1 aliphatic heterocycles. The van der Waals surface area contributed by atoms with Crippen LogP contribution in [0.25, 0.3) is 6.08 Å². The second-order valence-electron chi connectivity index (χ2n) is 17.2.